The molecular formula is C19H32N4O2S. The highest BCUT2D eigenvalue weighted by molar-refractivity contribution is 7.10. The molecule has 1 saturated heterocycles. The lowest BCUT2D eigenvalue weighted by atomic mass is 10.2. The van der Waals surface area contributed by atoms with E-state index in [-0.39, 0.29) is 12.1 Å². The van der Waals surface area contributed by atoms with Gasteiger partial charge in [-0.1, -0.05) is 6.07 Å². The molecule has 2 rings (SSSR count). The number of rotatable bonds is 9. The van der Waals surface area contributed by atoms with Gasteiger partial charge in [0.05, 0.1) is 25.1 Å². The highest BCUT2D eigenvalue weighted by atomic mass is 32.1. The Morgan fingerprint density at radius 1 is 1.35 bits per heavy atom. The molecule has 0 radical (unpaired) electrons. The monoisotopic (exact) mass is 380 g/mol. The fourth-order valence-corrected chi connectivity index (χ4v) is 3.90. The third-order valence-electron chi connectivity index (χ3n) is 4.21. The van der Waals surface area contributed by atoms with Gasteiger partial charge in [-0.2, -0.15) is 0 Å². The van der Waals surface area contributed by atoms with Crippen LogP contribution in [0.25, 0.3) is 0 Å². The first-order chi connectivity index (χ1) is 12.6. The molecule has 1 fully saturated rings. The Balaban J connectivity index is 1.91. The first-order valence-corrected chi connectivity index (χ1v) is 10.5. The largest absolute Gasteiger partial charge is 0.463 e. The number of likely N-dealkylation sites (tertiary alicyclic amines) is 1. The summed E-state index contributed by atoms with van der Waals surface area (Å²) in [6.07, 6.45) is 2.80. The summed E-state index contributed by atoms with van der Waals surface area (Å²) in [7, 11) is 0. The number of guanidine groups is 1. The number of hydrogen-bond donors (Lipinski definition) is 2. The van der Waals surface area contributed by atoms with Crippen molar-refractivity contribution in [1.29, 1.82) is 0 Å². The second kappa shape index (κ2) is 11.2. The van der Waals surface area contributed by atoms with E-state index in [1.807, 2.05) is 20.8 Å². The van der Waals surface area contributed by atoms with Gasteiger partial charge in [0, 0.05) is 18.0 Å². The number of ether oxygens (including phenoxy) is 1. The number of thiophene rings is 1. The molecule has 0 aliphatic carbocycles. The van der Waals surface area contributed by atoms with Crippen LogP contribution in [-0.2, 0) is 9.53 Å². The number of nitrogens with zero attached hydrogens (tertiary/aromatic N) is 2. The van der Waals surface area contributed by atoms with Crippen molar-refractivity contribution in [3.05, 3.63) is 22.4 Å². The van der Waals surface area contributed by atoms with Gasteiger partial charge in [0.2, 0.25) is 0 Å². The van der Waals surface area contributed by atoms with E-state index in [0.717, 1.165) is 25.6 Å². The van der Waals surface area contributed by atoms with Crippen molar-refractivity contribution >= 4 is 23.3 Å². The van der Waals surface area contributed by atoms with Crippen LogP contribution in [0, 0.1) is 0 Å². The fourth-order valence-electron chi connectivity index (χ4n) is 3.04. The van der Waals surface area contributed by atoms with E-state index < -0.39 is 0 Å². The SMILES string of the molecule is CCNC(=NCC(c1cccs1)N1CCCC1)NCCC(=O)OC(C)C. The highest BCUT2D eigenvalue weighted by Crippen LogP contribution is 2.28. The van der Waals surface area contributed by atoms with Crippen LogP contribution >= 0.6 is 11.3 Å². The molecule has 0 spiro atoms. The van der Waals surface area contributed by atoms with Gasteiger partial charge in [0.25, 0.3) is 0 Å². The van der Waals surface area contributed by atoms with E-state index in [0.29, 0.717) is 25.6 Å². The highest BCUT2D eigenvalue weighted by Gasteiger charge is 2.24. The molecule has 1 aliphatic rings. The number of hydrogen-bond acceptors (Lipinski definition) is 5. The Morgan fingerprint density at radius 3 is 2.73 bits per heavy atom. The molecule has 6 nitrogen and oxygen atoms in total. The van der Waals surface area contributed by atoms with Crippen LogP contribution in [0.15, 0.2) is 22.5 Å². The summed E-state index contributed by atoms with van der Waals surface area (Å²) in [5, 5.41) is 8.63. The molecule has 0 amide bonds. The minimum absolute atomic E-state index is 0.0728. The second-order valence-electron chi connectivity index (χ2n) is 6.71. The molecule has 0 bridgehead atoms. The van der Waals surface area contributed by atoms with Crippen molar-refractivity contribution in [2.75, 3.05) is 32.7 Å². The maximum absolute atomic E-state index is 11.7. The molecule has 1 unspecified atom stereocenters. The lowest BCUT2D eigenvalue weighted by molar-refractivity contribution is -0.147. The lowest BCUT2D eigenvalue weighted by Crippen LogP contribution is -2.39. The van der Waals surface area contributed by atoms with Gasteiger partial charge in [-0.25, -0.2) is 0 Å². The summed E-state index contributed by atoms with van der Waals surface area (Å²) in [5.41, 5.74) is 0. The van der Waals surface area contributed by atoms with E-state index in [2.05, 4.69) is 33.0 Å². The van der Waals surface area contributed by atoms with E-state index in [9.17, 15) is 4.79 Å². The second-order valence-corrected chi connectivity index (χ2v) is 7.69. The standard InChI is InChI=1S/C19H32N4O2S/c1-4-20-19(21-10-9-18(24)25-15(2)3)22-14-16(17-8-7-13-26-17)23-11-5-6-12-23/h7-8,13,15-16H,4-6,9-12,14H2,1-3H3,(H2,20,21,22). The Labute approximate surface area is 161 Å². The average molecular weight is 381 g/mol. The first kappa shape index (κ1) is 20.7. The molecule has 0 aromatic carbocycles. The maximum Gasteiger partial charge on any atom is 0.307 e. The number of nitrogens with one attached hydrogen (secondary N) is 2. The Morgan fingerprint density at radius 2 is 2.12 bits per heavy atom. The van der Waals surface area contributed by atoms with Crippen LogP contribution in [0.5, 0.6) is 0 Å². The van der Waals surface area contributed by atoms with Gasteiger partial charge in [-0.15, -0.1) is 11.3 Å². The zero-order chi connectivity index (χ0) is 18.8. The molecule has 0 saturated carbocycles. The molecule has 146 valence electrons. The first-order valence-electron chi connectivity index (χ1n) is 9.59. The summed E-state index contributed by atoms with van der Waals surface area (Å²) in [6, 6.07) is 4.64. The van der Waals surface area contributed by atoms with Gasteiger partial charge in [-0.3, -0.25) is 14.7 Å². The van der Waals surface area contributed by atoms with Crippen molar-refractivity contribution in [2.45, 2.75) is 52.2 Å². The maximum atomic E-state index is 11.7. The van der Waals surface area contributed by atoms with E-state index in [1.54, 1.807) is 11.3 Å². The number of aliphatic imine (C=N–C) groups is 1. The van der Waals surface area contributed by atoms with Crippen LogP contribution in [0.4, 0.5) is 0 Å². The molecule has 1 aromatic heterocycles. The van der Waals surface area contributed by atoms with Gasteiger partial charge in [0.15, 0.2) is 5.96 Å². The van der Waals surface area contributed by atoms with Gasteiger partial charge >= 0.3 is 5.97 Å². The minimum Gasteiger partial charge on any atom is -0.463 e. The smallest absolute Gasteiger partial charge is 0.307 e. The van der Waals surface area contributed by atoms with Crippen molar-refractivity contribution in [2.24, 2.45) is 4.99 Å². The molecule has 1 atom stereocenters. The lowest BCUT2D eigenvalue weighted by Gasteiger charge is -2.25. The van der Waals surface area contributed by atoms with Crippen LogP contribution in [0.1, 0.15) is 51.0 Å². The summed E-state index contributed by atoms with van der Waals surface area (Å²) >= 11 is 1.80. The normalized spacial score (nSPS) is 16.7. The van der Waals surface area contributed by atoms with Crippen LogP contribution < -0.4 is 10.6 Å². The Bertz CT molecular complexity index is 554. The molecule has 26 heavy (non-hydrogen) atoms. The Kier molecular flexibility index (Phi) is 8.91. The van der Waals surface area contributed by atoms with Gasteiger partial charge in [0.1, 0.15) is 0 Å². The van der Waals surface area contributed by atoms with E-state index in [1.165, 1.54) is 17.7 Å². The fraction of sp³-hybridized carbons (Fsp3) is 0.684. The predicted molar refractivity (Wildman–Crippen MR) is 108 cm³/mol. The van der Waals surface area contributed by atoms with Gasteiger partial charge in [-0.05, 0) is 58.1 Å². The van der Waals surface area contributed by atoms with Crippen molar-refractivity contribution in [3.63, 3.8) is 0 Å². The van der Waals surface area contributed by atoms with Crippen LogP contribution in [0.3, 0.4) is 0 Å². The topological polar surface area (TPSA) is 66.0 Å². The van der Waals surface area contributed by atoms with Crippen LogP contribution in [-0.4, -0.2) is 55.7 Å². The average Bonchev–Trinajstić information content (AvgIpc) is 3.28. The zero-order valence-corrected chi connectivity index (χ0v) is 17.0. The van der Waals surface area contributed by atoms with Gasteiger partial charge < -0.3 is 15.4 Å². The molecule has 1 aliphatic heterocycles. The summed E-state index contributed by atoms with van der Waals surface area (Å²) in [6.45, 7) is 10.1. The molecule has 7 heteroatoms. The van der Waals surface area contributed by atoms with Crippen molar-refractivity contribution < 1.29 is 9.53 Å². The third kappa shape index (κ3) is 6.96. The number of carbonyl (C=O) groups is 1. The molecular weight excluding hydrogens is 348 g/mol. The van der Waals surface area contributed by atoms with Crippen molar-refractivity contribution in [1.82, 2.24) is 15.5 Å². The summed E-state index contributed by atoms with van der Waals surface area (Å²) < 4.78 is 5.16. The summed E-state index contributed by atoms with van der Waals surface area (Å²) in [4.78, 5) is 20.3. The molecule has 2 heterocycles. The van der Waals surface area contributed by atoms with E-state index >= 15 is 0 Å². The molecule has 2 N–H and O–H groups in total. The van der Waals surface area contributed by atoms with Crippen LogP contribution in [0.2, 0.25) is 0 Å². The summed E-state index contributed by atoms with van der Waals surface area (Å²) in [5.74, 6) is 0.572. The van der Waals surface area contributed by atoms with E-state index in [4.69, 9.17) is 9.73 Å². The Hall–Kier alpha value is -1.60. The zero-order valence-electron chi connectivity index (χ0n) is 16.2. The number of esters is 1. The minimum atomic E-state index is -0.183. The molecule has 1 aromatic rings. The quantitative estimate of drug-likeness (QED) is 0.392. The third-order valence-corrected chi connectivity index (χ3v) is 5.18. The number of carbonyl (C=O) groups excluding carboxylic acids is 1. The predicted octanol–water partition coefficient (Wildman–Crippen LogP) is 2.78. The van der Waals surface area contributed by atoms with Crippen molar-refractivity contribution in [3.8, 4) is 0 Å².